The molecule has 2 aliphatic rings. The number of hydrogen-bond acceptors (Lipinski definition) is 4. The van der Waals surface area contributed by atoms with E-state index in [1.165, 1.54) is 5.69 Å². The van der Waals surface area contributed by atoms with Crippen molar-refractivity contribution in [3.63, 3.8) is 0 Å². The zero-order valence-electron chi connectivity index (χ0n) is 18.6. The molecule has 0 atom stereocenters. The van der Waals surface area contributed by atoms with Crippen molar-refractivity contribution in [1.29, 1.82) is 0 Å². The van der Waals surface area contributed by atoms with Gasteiger partial charge in [-0.2, -0.15) is 0 Å². The fourth-order valence-corrected chi connectivity index (χ4v) is 4.98. The molecule has 0 bridgehead atoms. The van der Waals surface area contributed by atoms with Crippen LogP contribution in [0.1, 0.15) is 30.5 Å². The van der Waals surface area contributed by atoms with Crippen LogP contribution in [0.5, 0.6) is 11.5 Å². The van der Waals surface area contributed by atoms with Crippen molar-refractivity contribution in [1.82, 2.24) is 9.47 Å². The molecule has 1 N–H and O–H groups in total. The van der Waals surface area contributed by atoms with E-state index in [9.17, 15) is 4.79 Å². The first-order valence-electron chi connectivity index (χ1n) is 11.2. The second kappa shape index (κ2) is 8.26. The maximum Gasteiger partial charge on any atom is 0.222 e. The molecule has 3 heterocycles. The van der Waals surface area contributed by atoms with Gasteiger partial charge >= 0.3 is 0 Å². The molecule has 1 spiro atoms. The lowest BCUT2D eigenvalue weighted by molar-refractivity contribution is -0.132. The van der Waals surface area contributed by atoms with Crippen LogP contribution in [-0.2, 0) is 16.8 Å². The molecule has 0 aliphatic carbocycles. The van der Waals surface area contributed by atoms with Gasteiger partial charge in [-0.05, 0) is 61.2 Å². The fourth-order valence-electron chi connectivity index (χ4n) is 4.98. The van der Waals surface area contributed by atoms with Crippen LogP contribution in [0.3, 0.4) is 0 Å². The van der Waals surface area contributed by atoms with Crippen molar-refractivity contribution in [3.05, 3.63) is 72.1 Å². The van der Waals surface area contributed by atoms with Gasteiger partial charge in [0.2, 0.25) is 5.91 Å². The van der Waals surface area contributed by atoms with Gasteiger partial charge in [0.15, 0.2) is 0 Å². The van der Waals surface area contributed by atoms with Gasteiger partial charge in [-0.1, -0.05) is 12.1 Å². The Balaban J connectivity index is 1.27. The van der Waals surface area contributed by atoms with E-state index in [-0.39, 0.29) is 11.4 Å². The number of benzene rings is 2. The maximum absolute atomic E-state index is 12.9. The summed E-state index contributed by atoms with van der Waals surface area (Å²) in [5.41, 5.74) is 4.46. The monoisotopic (exact) mass is 431 g/mol. The largest absolute Gasteiger partial charge is 0.497 e. The summed E-state index contributed by atoms with van der Waals surface area (Å²) in [5, 5.41) is 3.81. The highest BCUT2D eigenvalue weighted by Gasteiger charge is 2.42. The Morgan fingerprint density at radius 1 is 1.00 bits per heavy atom. The molecule has 3 aromatic rings. The van der Waals surface area contributed by atoms with Crippen LogP contribution in [0.25, 0.3) is 5.69 Å². The molecule has 1 amide bonds. The molecule has 0 unspecified atom stereocenters. The number of fused-ring (bicyclic) bond motifs is 4. The van der Waals surface area contributed by atoms with Crippen LogP contribution in [0.2, 0.25) is 0 Å². The molecular weight excluding hydrogens is 402 g/mol. The topological polar surface area (TPSA) is 55.7 Å². The van der Waals surface area contributed by atoms with Crippen LogP contribution >= 0.6 is 0 Å². The SMILES string of the molecule is COc1ccc(CCC(=O)N2CCC3(CC2)Nc2cc(OC)ccc2-n2cccc23)cc1. The smallest absolute Gasteiger partial charge is 0.222 e. The third kappa shape index (κ3) is 3.60. The van der Waals surface area contributed by atoms with Crippen LogP contribution < -0.4 is 14.8 Å². The summed E-state index contributed by atoms with van der Waals surface area (Å²) in [6, 6.07) is 18.4. The van der Waals surface area contributed by atoms with Crippen molar-refractivity contribution in [2.75, 3.05) is 32.6 Å². The number of carbonyl (C=O) groups is 1. The number of nitrogens with zero attached hydrogens (tertiary/aromatic N) is 2. The molecular formula is C26H29N3O3. The average Bonchev–Trinajstić information content (AvgIpc) is 3.34. The summed E-state index contributed by atoms with van der Waals surface area (Å²) >= 11 is 0. The van der Waals surface area contributed by atoms with Crippen LogP contribution in [0.4, 0.5) is 5.69 Å². The minimum absolute atomic E-state index is 0.171. The quantitative estimate of drug-likeness (QED) is 0.652. The molecule has 6 heteroatoms. The van der Waals surface area contributed by atoms with E-state index in [1.54, 1.807) is 14.2 Å². The number of likely N-dealkylation sites (tertiary alicyclic amines) is 1. The minimum Gasteiger partial charge on any atom is -0.497 e. The molecule has 32 heavy (non-hydrogen) atoms. The zero-order chi connectivity index (χ0) is 22.1. The minimum atomic E-state index is -0.171. The number of hydrogen-bond donors (Lipinski definition) is 1. The number of aromatic nitrogens is 1. The number of amides is 1. The Hall–Kier alpha value is -3.41. The molecule has 2 aromatic carbocycles. The molecule has 1 fully saturated rings. The number of aryl methyl sites for hydroxylation is 1. The molecule has 5 rings (SSSR count). The van der Waals surface area contributed by atoms with Gasteiger partial charge in [0.25, 0.3) is 0 Å². The Morgan fingerprint density at radius 2 is 1.72 bits per heavy atom. The molecule has 0 radical (unpaired) electrons. The number of anilines is 1. The van der Waals surface area contributed by atoms with Crippen molar-refractivity contribution < 1.29 is 14.3 Å². The standard InChI is InChI=1S/C26H29N3O3/c1-31-20-8-5-19(6-9-20)7-12-25(30)28-16-13-26(14-17-28)24-4-3-15-29(24)23-11-10-21(32-2)18-22(23)27-26/h3-6,8-11,15,18,27H,7,12-14,16-17H2,1-2H3. The normalized spacial score (nSPS) is 16.1. The van der Waals surface area contributed by atoms with Crippen molar-refractivity contribution >= 4 is 11.6 Å². The predicted octanol–water partition coefficient (Wildman–Crippen LogP) is 4.37. The van der Waals surface area contributed by atoms with Crippen LogP contribution in [0.15, 0.2) is 60.8 Å². The summed E-state index contributed by atoms with van der Waals surface area (Å²) in [7, 11) is 3.35. The number of ether oxygens (including phenoxy) is 2. The number of carbonyl (C=O) groups excluding carboxylic acids is 1. The van der Waals surface area contributed by atoms with Crippen molar-refractivity contribution in [2.45, 2.75) is 31.2 Å². The third-order valence-corrected chi connectivity index (χ3v) is 6.83. The first-order chi connectivity index (χ1) is 15.6. The summed E-state index contributed by atoms with van der Waals surface area (Å²) in [5.74, 6) is 1.91. The van der Waals surface area contributed by atoms with E-state index >= 15 is 0 Å². The van der Waals surface area contributed by atoms with E-state index < -0.39 is 0 Å². The number of nitrogens with one attached hydrogen (secondary N) is 1. The summed E-state index contributed by atoms with van der Waals surface area (Å²) in [6.07, 6.45) is 5.15. The molecule has 0 saturated carbocycles. The van der Waals surface area contributed by atoms with Crippen LogP contribution in [0, 0.1) is 0 Å². The number of methoxy groups -OCH3 is 2. The van der Waals surface area contributed by atoms with E-state index in [0.29, 0.717) is 6.42 Å². The second-order valence-electron chi connectivity index (χ2n) is 8.58. The highest BCUT2D eigenvalue weighted by molar-refractivity contribution is 5.77. The van der Waals surface area contributed by atoms with E-state index in [1.807, 2.05) is 35.2 Å². The highest BCUT2D eigenvalue weighted by Crippen LogP contribution is 2.44. The molecule has 2 aliphatic heterocycles. The first kappa shape index (κ1) is 20.5. The number of piperidine rings is 1. The van der Waals surface area contributed by atoms with E-state index in [0.717, 1.165) is 60.8 Å². The Morgan fingerprint density at radius 3 is 2.44 bits per heavy atom. The highest BCUT2D eigenvalue weighted by atomic mass is 16.5. The van der Waals surface area contributed by atoms with Gasteiger partial charge in [-0.15, -0.1) is 0 Å². The van der Waals surface area contributed by atoms with Crippen molar-refractivity contribution in [2.24, 2.45) is 0 Å². The Labute approximate surface area is 188 Å². The van der Waals surface area contributed by atoms with Gasteiger partial charge in [0, 0.05) is 37.5 Å². The van der Waals surface area contributed by atoms with Gasteiger partial charge in [0.1, 0.15) is 11.5 Å². The summed E-state index contributed by atoms with van der Waals surface area (Å²) in [4.78, 5) is 14.9. The third-order valence-electron chi connectivity index (χ3n) is 6.83. The zero-order valence-corrected chi connectivity index (χ0v) is 18.6. The van der Waals surface area contributed by atoms with E-state index in [2.05, 4.69) is 40.3 Å². The summed E-state index contributed by atoms with van der Waals surface area (Å²) < 4.78 is 12.9. The van der Waals surface area contributed by atoms with Gasteiger partial charge in [0.05, 0.1) is 31.1 Å². The Kier molecular flexibility index (Phi) is 5.29. The molecule has 1 saturated heterocycles. The van der Waals surface area contributed by atoms with Gasteiger partial charge in [-0.3, -0.25) is 4.79 Å². The average molecular weight is 432 g/mol. The number of rotatable bonds is 5. The molecule has 166 valence electrons. The lowest BCUT2D eigenvalue weighted by Crippen LogP contribution is -2.51. The fraction of sp³-hybridized carbons (Fsp3) is 0.346. The van der Waals surface area contributed by atoms with Gasteiger partial charge < -0.3 is 24.3 Å². The summed E-state index contributed by atoms with van der Waals surface area (Å²) in [6.45, 7) is 1.50. The van der Waals surface area contributed by atoms with E-state index in [4.69, 9.17) is 9.47 Å². The molecule has 6 nitrogen and oxygen atoms in total. The van der Waals surface area contributed by atoms with Gasteiger partial charge in [-0.25, -0.2) is 0 Å². The first-order valence-corrected chi connectivity index (χ1v) is 11.2. The second-order valence-corrected chi connectivity index (χ2v) is 8.58. The predicted molar refractivity (Wildman–Crippen MR) is 125 cm³/mol. The maximum atomic E-state index is 12.9. The van der Waals surface area contributed by atoms with Crippen LogP contribution in [-0.4, -0.2) is 42.7 Å². The molecule has 1 aromatic heterocycles. The lowest BCUT2D eigenvalue weighted by atomic mass is 9.82. The Bertz CT molecular complexity index is 1110. The lowest BCUT2D eigenvalue weighted by Gasteiger charge is -2.46. The van der Waals surface area contributed by atoms with Crippen molar-refractivity contribution in [3.8, 4) is 17.2 Å².